The van der Waals surface area contributed by atoms with Crippen LogP contribution in [0.25, 0.3) is 56.4 Å². The van der Waals surface area contributed by atoms with Crippen LogP contribution in [0.15, 0.2) is 206 Å². The van der Waals surface area contributed by atoms with E-state index in [1.54, 1.807) is 12.1 Å². The van der Waals surface area contributed by atoms with Gasteiger partial charge in [0.25, 0.3) is 0 Å². The third-order valence-electron chi connectivity index (χ3n) is 10.9. The van der Waals surface area contributed by atoms with Crippen molar-refractivity contribution in [3.05, 3.63) is 234 Å². The lowest BCUT2D eigenvalue weighted by atomic mass is 9.63. The first kappa shape index (κ1) is 34.5. The molecule has 1 aromatic heterocycles. The molecule has 0 saturated carbocycles. The van der Waals surface area contributed by atoms with Crippen molar-refractivity contribution in [2.45, 2.75) is 5.41 Å². The number of aromatic nitrogens is 3. The van der Waals surface area contributed by atoms with Crippen LogP contribution in [-0.4, -0.2) is 15.0 Å². The van der Waals surface area contributed by atoms with Crippen LogP contribution in [0.1, 0.15) is 27.8 Å². The van der Waals surface area contributed by atoms with Crippen LogP contribution in [0.2, 0.25) is 0 Å². The quantitative estimate of drug-likeness (QED) is 0.163. The number of benzene rings is 8. The zero-order chi connectivity index (χ0) is 38.9. The van der Waals surface area contributed by atoms with Gasteiger partial charge in [-0.2, -0.15) is 5.26 Å². The van der Waals surface area contributed by atoms with E-state index in [9.17, 15) is 5.26 Å². The van der Waals surface area contributed by atoms with E-state index in [1.165, 1.54) is 11.1 Å². The molecule has 0 unspecified atom stereocenters. The zero-order valence-corrected chi connectivity index (χ0v) is 31.3. The molecule has 0 radical (unpaired) electrons. The summed E-state index contributed by atoms with van der Waals surface area (Å²) in [6, 6.07) is 72.8. The van der Waals surface area contributed by atoms with Crippen molar-refractivity contribution in [2.75, 3.05) is 0 Å². The number of rotatable bonds is 7. The first-order valence-electron chi connectivity index (χ1n) is 19.2. The Labute approximate surface area is 337 Å². The highest BCUT2D eigenvalue weighted by Crippen LogP contribution is 2.57. The monoisotopic (exact) mass is 742 g/mol. The van der Waals surface area contributed by atoms with Crippen molar-refractivity contribution < 1.29 is 4.74 Å². The molecule has 0 amide bonds. The summed E-state index contributed by atoms with van der Waals surface area (Å²) in [7, 11) is 0. The Morgan fingerprint density at radius 2 is 0.879 bits per heavy atom. The second-order valence-corrected chi connectivity index (χ2v) is 14.3. The molecular weight excluding hydrogens is 709 g/mol. The maximum atomic E-state index is 9.36. The van der Waals surface area contributed by atoms with E-state index in [0.717, 1.165) is 61.6 Å². The van der Waals surface area contributed by atoms with E-state index in [1.807, 2.05) is 60.7 Å². The lowest BCUT2D eigenvalue weighted by Gasteiger charge is -2.42. The molecule has 0 bridgehead atoms. The van der Waals surface area contributed by atoms with Gasteiger partial charge < -0.3 is 4.74 Å². The van der Waals surface area contributed by atoms with Crippen LogP contribution in [0, 0.1) is 11.3 Å². The standard InChI is InChI=1S/C53H34N4O/c54-35-36-26-28-40(29-27-36)51-55-50(39-14-4-1-5-15-39)56-52(57-51)42-17-12-16-41(34-42)37-30-32-38(33-31-37)45-22-13-24-47-49(45)58-48-25-11-10-23-46(48)53(47,43-18-6-2-7-19-43)44-20-8-3-9-21-44/h1-34H. The molecule has 1 aliphatic heterocycles. The molecule has 2 heterocycles. The van der Waals surface area contributed by atoms with Gasteiger partial charge in [0.05, 0.1) is 17.0 Å². The zero-order valence-electron chi connectivity index (χ0n) is 31.3. The van der Waals surface area contributed by atoms with Crippen molar-refractivity contribution in [2.24, 2.45) is 0 Å². The molecule has 0 fully saturated rings. The molecule has 0 atom stereocenters. The predicted octanol–water partition coefficient (Wildman–Crippen LogP) is 12.6. The molecule has 10 rings (SSSR count). The molecule has 0 aliphatic carbocycles. The second kappa shape index (κ2) is 14.6. The Kier molecular flexibility index (Phi) is 8.70. The molecule has 8 aromatic carbocycles. The Morgan fingerprint density at radius 1 is 0.397 bits per heavy atom. The largest absolute Gasteiger partial charge is 0.456 e. The lowest BCUT2D eigenvalue weighted by Crippen LogP contribution is -2.34. The molecular formula is C53H34N4O. The third kappa shape index (κ3) is 6.01. The van der Waals surface area contributed by atoms with Crippen LogP contribution in [0.4, 0.5) is 0 Å². The Hall–Kier alpha value is -7.94. The van der Waals surface area contributed by atoms with Gasteiger partial charge in [-0.05, 0) is 64.2 Å². The molecule has 5 nitrogen and oxygen atoms in total. The van der Waals surface area contributed by atoms with E-state index in [-0.39, 0.29) is 0 Å². The first-order valence-corrected chi connectivity index (χ1v) is 19.2. The molecule has 1 aliphatic rings. The van der Waals surface area contributed by atoms with Gasteiger partial charge >= 0.3 is 0 Å². The Balaban J connectivity index is 1.05. The van der Waals surface area contributed by atoms with E-state index in [0.29, 0.717) is 23.0 Å². The number of nitriles is 1. The van der Waals surface area contributed by atoms with E-state index in [2.05, 4.69) is 140 Å². The van der Waals surface area contributed by atoms with Crippen LogP contribution in [0.5, 0.6) is 11.5 Å². The maximum Gasteiger partial charge on any atom is 0.164 e. The van der Waals surface area contributed by atoms with Gasteiger partial charge in [-0.15, -0.1) is 0 Å². The van der Waals surface area contributed by atoms with Gasteiger partial charge in [0.1, 0.15) is 11.5 Å². The summed E-state index contributed by atoms with van der Waals surface area (Å²) in [6.07, 6.45) is 0. The second-order valence-electron chi connectivity index (χ2n) is 14.3. The number of hydrogen-bond donors (Lipinski definition) is 0. The summed E-state index contributed by atoms with van der Waals surface area (Å²) in [5.41, 5.74) is 11.4. The predicted molar refractivity (Wildman–Crippen MR) is 230 cm³/mol. The summed E-state index contributed by atoms with van der Waals surface area (Å²) in [6.45, 7) is 0. The van der Waals surface area contributed by atoms with Crippen molar-refractivity contribution in [3.63, 3.8) is 0 Å². The fourth-order valence-corrected chi connectivity index (χ4v) is 8.18. The highest BCUT2D eigenvalue weighted by Gasteiger charge is 2.45. The average molecular weight is 743 g/mol. The van der Waals surface area contributed by atoms with Gasteiger partial charge in [0.15, 0.2) is 17.5 Å². The summed E-state index contributed by atoms with van der Waals surface area (Å²) in [5.74, 6) is 3.40. The van der Waals surface area contributed by atoms with Crippen molar-refractivity contribution in [1.82, 2.24) is 15.0 Å². The highest BCUT2D eigenvalue weighted by atomic mass is 16.5. The van der Waals surface area contributed by atoms with Gasteiger partial charge in [-0.3, -0.25) is 0 Å². The van der Waals surface area contributed by atoms with Crippen LogP contribution < -0.4 is 4.74 Å². The first-order chi connectivity index (χ1) is 28.7. The minimum Gasteiger partial charge on any atom is -0.456 e. The SMILES string of the molecule is N#Cc1ccc(-c2nc(-c3ccccc3)nc(-c3cccc(-c4ccc(-c5cccc6c5Oc5ccccc5C6(c5ccccc5)c5ccccc5)cc4)c3)n2)cc1. The minimum absolute atomic E-state index is 0.544. The van der Waals surface area contributed by atoms with Gasteiger partial charge in [0.2, 0.25) is 0 Å². The Bertz CT molecular complexity index is 2920. The summed E-state index contributed by atoms with van der Waals surface area (Å²) < 4.78 is 6.90. The summed E-state index contributed by atoms with van der Waals surface area (Å²) in [5, 5.41) is 9.36. The van der Waals surface area contributed by atoms with Crippen LogP contribution in [-0.2, 0) is 5.41 Å². The fraction of sp³-hybridized carbons (Fsp3) is 0.0189. The number of ether oxygens (including phenoxy) is 1. The average Bonchev–Trinajstić information content (AvgIpc) is 3.31. The molecule has 0 saturated heterocycles. The van der Waals surface area contributed by atoms with Crippen molar-refractivity contribution >= 4 is 0 Å². The molecule has 5 heteroatoms. The van der Waals surface area contributed by atoms with Crippen LogP contribution in [0.3, 0.4) is 0 Å². The fourth-order valence-electron chi connectivity index (χ4n) is 8.18. The smallest absolute Gasteiger partial charge is 0.164 e. The minimum atomic E-state index is -0.585. The van der Waals surface area contributed by atoms with Crippen molar-refractivity contribution in [3.8, 4) is 74.0 Å². The highest BCUT2D eigenvalue weighted by molar-refractivity contribution is 5.81. The summed E-state index contributed by atoms with van der Waals surface area (Å²) >= 11 is 0. The van der Waals surface area contributed by atoms with Crippen LogP contribution >= 0.6 is 0 Å². The normalized spacial score (nSPS) is 12.4. The van der Waals surface area contributed by atoms with Gasteiger partial charge in [-0.1, -0.05) is 170 Å². The molecule has 58 heavy (non-hydrogen) atoms. The van der Waals surface area contributed by atoms with Gasteiger partial charge in [0, 0.05) is 33.4 Å². The van der Waals surface area contributed by atoms with E-state index >= 15 is 0 Å². The number of nitrogens with zero attached hydrogens (tertiary/aromatic N) is 4. The molecule has 0 N–H and O–H groups in total. The third-order valence-corrected chi connectivity index (χ3v) is 10.9. The van der Waals surface area contributed by atoms with Gasteiger partial charge in [-0.25, -0.2) is 15.0 Å². The van der Waals surface area contributed by atoms with Crippen molar-refractivity contribution in [1.29, 1.82) is 5.26 Å². The topological polar surface area (TPSA) is 71.7 Å². The number of hydrogen-bond acceptors (Lipinski definition) is 5. The van der Waals surface area contributed by atoms with E-state index < -0.39 is 5.41 Å². The molecule has 9 aromatic rings. The Morgan fingerprint density at radius 3 is 1.53 bits per heavy atom. The molecule has 0 spiro atoms. The number of para-hydroxylation sites is 2. The maximum absolute atomic E-state index is 9.36. The number of fused-ring (bicyclic) bond motifs is 2. The molecule has 272 valence electrons. The lowest BCUT2D eigenvalue weighted by molar-refractivity contribution is 0.436. The summed E-state index contributed by atoms with van der Waals surface area (Å²) in [4.78, 5) is 14.7. The van der Waals surface area contributed by atoms with E-state index in [4.69, 9.17) is 19.7 Å².